The van der Waals surface area contributed by atoms with Gasteiger partial charge in [-0.1, -0.05) is 43.0 Å². The molecule has 0 atom stereocenters. The van der Waals surface area contributed by atoms with Crippen LogP contribution in [0.1, 0.15) is 11.1 Å². The number of ether oxygens (including phenoxy) is 2. The molecule has 0 N–H and O–H groups in total. The van der Waals surface area contributed by atoms with Crippen molar-refractivity contribution in [2.75, 3.05) is 13.7 Å². The van der Waals surface area contributed by atoms with Crippen LogP contribution < -0.4 is 9.47 Å². The summed E-state index contributed by atoms with van der Waals surface area (Å²) in [5.41, 5.74) is 0.697. The average Bonchev–Trinajstić information content (AvgIpc) is 3.00. The molecule has 0 bridgehead atoms. The van der Waals surface area contributed by atoms with E-state index in [9.17, 15) is 19.7 Å². The van der Waals surface area contributed by atoms with E-state index in [0.29, 0.717) is 17.1 Å². The Morgan fingerprint density at radius 2 is 1.97 bits per heavy atom. The van der Waals surface area contributed by atoms with Crippen molar-refractivity contribution in [2.24, 2.45) is 0 Å². The van der Waals surface area contributed by atoms with E-state index in [-0.39, 0.29) is 29.3 Å². The number of hydrogen-bond donors (Lipinski definition) is 0. The van der Waals surface area contributed by atoms with Gasteiger partial charge < -0.3 is 9.47 Å². The fraction of sp³-hybridized carbons (Fsp3) is 0.143. The minimum atomic E-state index is -0.538. The lowest BCUT2D eigenvalue weighted by molar-refractivity contribution is -0.385. The molecule has 9 heteroatoms. The first-order valence-electron chi connectivity index (χ1n) is 8.84. The van der Waals surface area contributed by atoms with Crippen LogP contribution in [0.5, 0.6) is 11.5 Å². The molecule has 1 aliphatic rings. The zero-order chi connectivity index (χ0) is 21.7. The Labute approximate surface area is 176 Å². The second-order valence-electron chi connectivity index (χ2n) is 6.13. The van der Waals surface area contributed by atoms with Gasteiger partial charge in [0.2, 0.25) is 0 Å². The van der Waals surface area contributed by atoms with E-state index in [0.717, 1.165) is 16.7 Å². The fourth-order valence-corrected chi connectivity index (χ4v) is 3.70. The summed E-state index contributed by atoms with van der Waals surface area (Å²) in [4.78, 5) is 37.1. The summed E-state index contributed by atoms with van der Waals surface area (Å²) in [7, 11) is 1.50. The quantitative estimate of drug-likeness (QED) is 0.267. The molecule has 30 heavy (non-hydrogen) atoms. The second kappa shape index (κ2) is 9.27. The van der Waals surface area contributed by atoms with Gasteiger partial charge in [0.25, 0.3) is 16.8 Å². The number of carbonyl (C=O) groups excluding carboxylic acids is 2. The summed E-state index contributed by atoms with van der Waals surface area (Å²) < 4.78 is 11.0. The molecule has 1 aliphatic heterocycles. The molecule has 3 rings (SSSR count). The SMILES string of the molecule is C=CCOc1c(/C=C2\SC(=O)N(Cc3ccccc3[N+](=O)[O-])C2=O)cccc1OC. The Morgan fingerprint density at radius 1 is 1.20 bits per heavy atom. The van der Waals surface area contributed by atoms with Gasteiger partial charge in [-0.25, -0.2) is 0 Å². The van der Waals surface area contributed by atoms with Crippen molar-refractivity contribution in [3.8, 4) is 11.5 Å². The lowest BCUT2D eigenvalue weighted by Crippen LogP contribution is -2.27. The van der Waals surface area contributed by atoms with Gasteiger partial charge in [-0.15, -0.1) is 0 Å². The maximum Gasteiger partial charge on any atom is 0.293 e. The third-order valence-electron chi connectivity index (χ3n) is 4.25. The predicted octanol–water partition coefficient (Wildman–Crippen LogP) is 4.40. The summed E-state index contributed by atoms with van der Waals surface area (Å²) in [6, 6.07) is 11.2. The van der Waals surface area contributed by atoms with Crippen molar-refractivity contribution < 1.29 is 24.0 Å². The van der Waals surface area contributed by atoms with Gasteiger partial charge in [-0.2, -0.15) is 0 Å². The Hall–Kier alpha value is -3.59. The lowest BCUT2D eigenvalue weighted by Gasteiger charge is -2.13. The predicted molar refractivity (Wildman–Crippen MR) is 113 cm³/mol. The van der Waals surface area contributed by atoms with E-state index in [1.165, 1.54) is 25.3 Å². The van der Waals surface area contributed by atoms with Crippen LogP contribution in [0, 0.1) is 10.1 Å². The number of methoxy groups -OCH3 is 1. The Balaban J connectivity index is 1.91. The molecule has 154 valence electrons. The minimum absolute atomic E-state index is 0.145. The highest BCUT2D eigenvalue weighted by atomic mass is 32.2. The van der Waals surface area contributed by atoms with Gasteiger partial charge >= 0.3 is 0 Å². The molecular weight excluding hydrogens is 408 g/mol. The average molecular weight is 426 g/mol. The number of nitro benzene ring substituents is 1. The van der Waals surface area contributed by atoms with Crippen LogP contribution in [0.25, 0.3) is 6.08 Å². The van der Waals surface area contributed by atoms with Crippen LogP contribution in [0.15, 0.2) is 60.0 Å². The van der Waals surface area contributed by atoms with Crippen molar-refractivity contribution in [3.05, 3.63) is 81.3 Å². The molecule has 0 saturated carbocycles. The topological polar surface area (TPSA) is 99.0 Å². The van der Waals surface area contributed by atoms with Gasteiger partial charge in [0.05, 0.1) is 23.5 Å². The van der Waals surface area contributed by atoms with E-state index in [1.54, 1.807) is 36.4 Å². The fourth-order valence-electron chi connectivity index (χ4n) is 2.87. The minimum Gasteiger partial charge on any atom is -0.493 e. The third-order valence-corrected chi connectivity index (χ3v) is 5.16. The van der Waals surface area contributed by atoms with E-state index in [1.807, 2.05) is 0 Å². The van der Waals surface area contributed by atoms with Crippen molar-refractivity contribution in [1.29, 1.82) is 0 Å². The number of imide groups is 1. The standard InChI is InChI=1S/C21H18N2O6S/c1-3-11-29-19-14(8-6-10-17(19)28-2)12-18-20(24)22(21(25)30-18)13-15-7-4-5-9-16(15)23(26)27/h3-10,12H,1,11,13H2,2H3/b18-12-. The van der Waals surface area contributed by atoms with Crippen LogP contribution in [0.4, 0.5) is 10.5 Å². The number of rotatable bonds is 8. The zero-order valence-electron chi connectivity index (χ0n) is 16.1. The highest BCUT2D eigenvalue weighted by Crippen LogP contribution is 2.38. The largest absolute Gasteiger partial charge is 0.493 e. The van der Waals surface area contributed by atoms with Gasteiger partial charge in [0.1, 0.15) is 6.61 Å². The highest BCUT2D eigenvalue weighted by Gasteiger charge is 2.36. The van der Waals surface area contributed by atoms with Gasteiger partial charge in [0.15, 0.2) is 11.5 Å². The third kappa shape index (κ3) is 4.36. The lowest BCUT2D eigenvalue weighted by atomic mass is 10.1. The molecule has 1 heterocycles. The number of hydrogen-bond acceptors (Lipinski definition) is 7. The number of nitro groups is 1. The van der Waals surface area contributed by atoms with E-state index in [2.05, 4.69) is 6.58 Å². The second-order valence-corrected chi connectivity index (χ2v) is 7.13. The van der Waals surface area contributed by atoms with E-state index >= 15 is 0 Å². The van der Waals surface area contributed by atoms with Crippen LogP contribution in [-0.2, 0) is 11.3 Å². The monoisotopic (exact) mass is 426 g/mol. The Morgan fingerprint density at radius 3 is 2.67 bits per heavy atom. The summed E-state index contributed by atoms with van der Waals surface area (Å²) in [5.74, 6) is 0.371. The number of nitrogens with zero attached hydrogens (tertiary/aromatic N) is 2. The smallest absolute Gasteiger partial charge is 0.293 e. The maximum atomic E-state index is 12.8. The van der Waals surface area contributed by atoms with Gasteiger partial charge in [0, 0.05) is 17.2 Å². The van der Waals surface area contributed by atoms with Crippen LogP contribution in [0.2, 0.25) is 0 Å². The highest BCUT2D eigenvalue weighted by molar-refractivity contribution is 8.18. The first-order valence-corrected chi connectivity index (χ1v) is 9.66. The maximum absolute atomic E-state index is 12.8. The van der Waals surface area contributed by atoms with Crippen molar-refractivity contribution in [1.82, 2.24) is 4.90 Å². The molecule has 0 aliphatic carbocycles. The van der Waals surface area contributed by atoms with Crippen LogP contribution >= 0.6 is 11.8 Å². The molecule has 2 aromatic carbocycles. The Kier molecular flexibility index (Phi) is 6.53. The molecule has 0 aromatic heterocycles. The van der Waals surface area contributed by atoms with Crippen LogP contribution in [0.3, 0.4) is 0 Å². The Bertz CT molecular complexity index is 1050. The zero-order valence-corrected chi connectivity index (χ0v) is 16.9. The molecule has 0 radical (unpaired) electrons. The normalized spacial score (nSPS) is 14.8. The first-order chi connectivity index (χ1) is 14.5. The van der Waals surface area contributed by atoms with Gasteiger partial charge in [-0.05, 0) is 23.9 Å². The summed E-state index contributed by atoms with van der Waals surface area (Å²) in [6.07, 6.45) is 3.13. The summed E-state index contributed by atoms with van der Waals surface area (Å²) >= 11 is 0.768. The molecule has 1 fully saturated rings. The number of carbonyl (C=O) groups is 2. The number of para-hydroxylation sites is 2. The van der Waals surface area contributed by atoms with Crippen molar-refractivity contribution in [3.63, 3.8) is 0 Å². The molecule has 8 nitrogen and oxygen atoms in total. The summed E-state index contributed by atoms with van der Waals surface area (Å²) in [6.45, 7) is 3.67. The van der Waals surface area contributed by atoms with Gasteiger partial charge in [-0.3, -0.25) is 24.6 Å². The van der Waals surface area contributed by atoms with Crippen LogP contribution in [-0.4, -0.2) is 34.7 Å². The number of thioether (sulfide) groups is 1. The van der Waals surface area contributed by atoms with Crippen molar-refractivity contribution >= 4 is 34.7 Å². The van der Waals surface area contributed by atoms with E-state index < -0.39 is 16.1 Å². The molecule has 2 amide bonds. The molecule has 0 unspecified atom stereocenters. The first kappa shape index (κ1) is 21.1. The molecule has 0 spiro atoms. The summed E-state index contributed by atoms with van der Waals surface area (Å²) in [5, 5.41) is 10.7. The van der Waals surface area contributed by atoms with Crippen molar-refractivity contribution in [2.45, 2.75) is 6.54 Å². The number of amides is 2. The number of benzene rings is 2. The molecule has 2 aromatic rings. The van der Waals surface area contributed by atoms with E-state index in [4.69, 9.17) is 9.47 Å². The molecule has 1 saturated heterocycles. The molecular formula is C21H18N2O6S.